The molecule has 0 radical (unpaired) electrons. The summed E-state index contributed by atoms with van der Waals surface area (Å²) >= 11 is 1.45. The fourth-order valence-electron chi connectivity index (χ4n) is 3.03. The maximum Gasteiger partial charge on any atom is 0.253 e. The Bertz CT molecular complexity index is 1080. The fourth-order valence-corrected chi connectivity index (χ4v) is 3.37. The zero-order chi connectivity index (χ0) is 21.1. The molecule has 29 heavy (non-hydrogen) atoms. The van der Waals surface area contributed by atoms with Gasteiger partial charge < -0.3 is 10.2 Å². The quantitative estimate of drug-likeness (QED) is 0.626. The molecular weight excluding hydrogens is 388 g/mol. The molecule has 0 fully saturated rings. The monoisotopic (exact) mass is 412 g/mol. The van der Waals surface area contributed by atoms with Crippen LogP contribution in [0.1, 0.15) is 29.4 Å². The van der Waals surface area contributed by atoms with Crippen LogP contribution in [0, 0.1) is 13.8 Å². The molecule has 0 saturated carbocycles. The third-order valence-electron chi connectivity index (χ3n) is 4.79. The minimum atomic E-state index is -0.152. The van der Waals surface area contributed by atoms with Crippen molar-refractivity contribution >= 4 is 35.0 Å². The van der Waals surface area contributed by atoms with Gasteiger partial charge in [-0.15, -0.1) is 5.10 Å². The smallest absolute Gasteiger partial charge is 0.253 e. The normalized spacial score (nSPS) is 10.9. The number of anilines is 1. The van der Waals surface area contributed by atoms with Crippen molar-refractivity contribution in [1.29, 1.82) is 0 Å². The number of benzene rings is 1. The molecule has 0 spiro atoms. The Balaban J connectivity index is 1.82. The SMILES string of the molecule is CSc1nc2nc(C)c(CC(=O)Nc3ccccc3CN(C)C(C)=O)c(C)n2n1. The first-order chi connectivity index (χ1) is 13.8. The molecule has 0 atom stereocenters. The molecule has 2 aromatic heterocycles. The van der Waals surface area contributed by atoms with Crippen LogP contribution in [0.5, 0.6) is 0 Å². The second kappa shape index (κ2) is 8.60. The Morgan fingerprint density at radius 2 is 1.93 bits per heavy atom. The molecule has 0 saturated heterocycles. The van der Waals surface area contributed by atoms with Crippen LogP contribution >= 0.6 is 11.8 Å². The summed E-state index contributed by atoms with van der Waals surface area (Å²) in [7, 11) is 1.73. The van der Waals surface area contributed by atoms with Gasteiger partial charge in [0.15, 0.2) is 0 Å². The first kappa shape index (κ1) is 20.8. The zero-order valence-corrected chi connectivity index (χ0v) is 18.0. The van der Waals surface area contributed by atoms with E-state index in [1.165, 1.54) is 18.7 Å². The number of aryl methyl sites for hydroxylation is 2. The lowest BCUT2D eigenvalue weighted by Gasteiger charge is -2.18. The van der Waals surface area contributed by atoms with Gasteiger partial charge in [0.05, 0.1) is 6.42 Å². The minimum Gasteiger partial charge on any atom is -0.342 e. The van der Waals surface area contributed by atoms with Gasteiger partial charge in [-0.25, -0.2) is 9.50 Å². The molecule has 0 unspecified atom stereocenters. The lowest BCUT2D eigenvalue weighted by atomic mass is 10.1. The number of fused-ring (bicyclic) bond motifs is 1. The molecule has 1 N–H and O–H groups in total. The largest absolute Gasteiger partial charge is 0.342 e. The summed E-state index contributed by atoms with van der Waals surface area (Å²) in [5.41, 5.74) is 4.00. The van der Waals surface area contributed by atoms with E-state index >= 15 is 0 Å². The van der Waals surface area contributed by atoms with E-state index in [1.807, 2.05) is 44.4 Å². The van der Waals surface area contributed by atoms with Crippen molar-refractivity contribution in [2.75, 3.05) is 18.6 Å². The third-order valence-corrected chi connectivity index (χ3v) is 5.32. The van der Waals surface area contributed by atoms with E-state index in [-0.39, 0.29) is 18.2 Å². The van der Waals surface area contributed by atoms with Gasteiger partial charge in [0, 0.05) is 43.2 Å². The molecule has 2 heterocycles. The van der Waals surface area contributed by atoms with Gasteiger partial charge in [-0.3, -0.25) is 9.59 Å². The Morgan fingerprint density at radius 3 is 2.62 bits per heavy atom. The van der Waals surface area contributed by atoms with E-state index in [4.69, 9.17) is 0 Å². The molecule has 9 heteroatoms. The highest BCUT2D eigenvalue weighted by Gasteiger charge is 2.17. The fraction of sp³-hybridized carbons (Fsp3) is 0.350. The molecule has 0 bridgehead atoms. The first-order valence-corrected chi connectivity index (χ1v) is 10.4. The molecule has 1 aromatic carbocycles. The predicted molar refractivity (Wildman–Crippen MR) is 113 cm³/mol. The number of amides is 2. The van der Waals surface area contributed by atoms with Gasteiger partial charge in [0.2, 0.25) is 17.0 Å². The van der Waals surface area contributed by atoms with Gasteiger partial charge >= 0.3 is 0 Å². The molecule has 0 aliphatic rings. The standard InChI is InChI=1S/C20H24N6O2S/c1-12-16(13(2)26-19(21-12)23-20(24-26)29-5)10-18(28)22-17-9-7-6-8-15(17)11-25(4)14(3)27/h6-9H,10-11H2,1-5H3,(H,22,28). The number of nitrogens with zero attached hydrogens (tertiary/aromatic N) is 5. The number of rotatable bonds is 6. The van der Waals surface area contributed by atoms with E-state index in [0.717, 1.165) is 22.5 Å². The molecule has 3 rings (SSSR count). The highest BCUT2D eigenvalue weighted by atomic mass is 32.2. The van der Waals surface area contributed by atoms with Crippen molar-refractivity contribution in [3.8, 4) is 0 Å². The number of carbonyl (C=O) groups is 2. The van der Waals surface area contributed by atoms with Crippen molar-refractivity contribution in [1.82, 2.24) is 24.5 Å². The maximum atomic E-state index is 12.8. The van der Waals surface area contributed by atoms with Crippen LogP contribution in [0.4, 0.5) is 5.69 Å². The van der Waals surface area contributed by atoms with Gasteiger partial charge in [0.1, 0.15) is 0 Å². The molecule has 2 amide bonds. The molecule has 3 aromatic rings. The van der Waals surface area contributed by atoms with Crippen LogP contribution in [-0.2, 0) is 22.6 Å². The van der Waals surface area contributed by atoms with E-state index in [0.29, 0.717) is 23.2 Å². The highest BCUT2D eigenvalue weighted by molar-refractivity contribution is 7.98. The summed E-state index contributed by atoms with van der Waals surface area (Å²) in [5, 5.41) is 8.04. The van der Waals surface area contributed by atoms with Crippen LogP contribution < -0.4 is 5.32 Å². The van der Waals surface area contributed by atoms with Gasteiger partial charge in [-0.05, 0) is 31.7 Å². The van der Waals surface area contributed by atoms with Crippen LogP contribution in [0.2, 0.25) is 0 Å². The molecule has 152 valence electrons. The van der Waals surface area contributed by atoms with E-state index in [1.54, 1.807) is 16.5 Å². The third kappa shape index (κ3) is 4.56. The maximum absolute atomic E-state index is 12.8. The van der Waals surface area contributed by atoms with Gasteiger partial charge in [-0.1, -0.05) is 30.0 Å². The van der Waals surface area contributed by atoms with Crippen molar-refractivity contribution in [2.45, 2.75) is 38.9 Å². The highest BCUT2D eigenvalue weighted by Crippen LogP contribution is 2.20. The van der Waals surface area contributed by atoms with Crippen molar-refractivity contribution in [3.63, 3.8) is 0 Å². The number of hydrogen-bond donors (Lipinski definition) is 1. The summed E-state index contributed by atoms with van der Waals surface area (Å²) < 4.78 is 1.68. The van der Waals surface area contributed by atoms with Crippen LogP contribution in [0.25, 0.3) is 5.78 Å². The van der Waals surface area contributed by atoms with E-state index in [9.17, 15) is 9.59 Å². The summed E-state index contributed by atoms with van der Waals surface area (Å²) in [6.45, 7) is 5.73. The molecular formula is C20H24N6O2S. The Morgan fingerprint density at radius 1 is 1.21 bits per heavy atom. The summed E-state index contributed by atoms with van der Waals surface area (Å²) in [6, 6.07) is 7.48. The summed E-state index contributed by atoms with van der Waals surface area (Å²) in [4.78, 5) is 34.8. The Kier molecular flexibility index (Phi) is 6.17. The van der Waals surface area contributed by atoms with E-state index < -0.39 is 0 Å². The van der Waals surface area contributed by atoms with Crippen LogP contribution in [0.15, 0.2) is 29.4 Å². The lowest BCUT2D eigenvalue weighted by Crippen LogP contribution is -2.24. The van der Waals surface area contributed by atoms with Crippen molar-refractivity contribution in [2.24, 2.45) is 0 Å². The van der Waals surface area contributed by atoms with Crippen molar-refractivity contribution in [3.05, 3.63) is 46.8 Å². The summed E-state index contributed by atoms with van der Waals surface area (Å²) in [5.74, 6) is 0.348. The molecule has 0 aliphatic heterocycles. The number of hydrogen-bond acceptors (Lipinski definition) is 6. The Hall–Kier alpha value is -2.94. The zero-order valence-electron chi connectivity index (χ0n) is 17.2. The number of aromatic nitrogens is 4. The topological polar surface area (TPSA) is 92.5 Å². The number of carbonyl (C=O) groups excluding carboxylic acids is 2. The lowest BCUT2D eigenvalue weighted by molar-refractivity contribution is -0.128. The average molecular weight is 413 g/mol. The van der Waals surface area contributed by atoms with Crippen LogP contribution in [0.3, 0.4) is 0 Å². The van der Waals surface area contributed by atoms with E-state index in [2.05, 4.69) is 20.4 Å². The number of nitrogens with one attached hydrogen (secondary N) is 1. The number of thioether (sulfide) groups is 1. The molecule has 8 nitrogen and oxygen atoms in total. The van der Waals surface area contributed by atoms with Crippen LogP contribution in [-0.4, -0.2) is 49.6 Å². The van der Waals surface area contributed by atoms with Gasteiger partial charge in [-0.2, -0.15) is 4.98 Å². The first-order valence-electron chi connectivity index (χ1n) is 9.16. The minimum absolute atomic E-state index is 0.0331. The summed E-state index contributed by atoms with van der Waals surface area (Å²) in [6.07, 6.45) is 2.08. The molecule has 0 aliphatic carbocycles. The average Bonchev–Trinajstić information content (AvgIpc) is 3.09. The van der Waals surface area contributed by atoms with Gasteiger partial charge in [0.25, 0.3) is 5.78 Å². The Labute approximate surface area is 173 Å². The number of para-hydroxylation sites is 1. The van der Waals surface area contributed by atoms with Crippen molar-refractivity contribution < 1.29 is 9.59 Å². The second-order valence-corrected chi connectivity index (χ2v) is 7.60. The predicted octanol–water partition coefficient (Wildman–Crippen LogP) is 2.62. The second-order valence-electron chi connectivity index (χ2n) is 6.83.